The zero-order valence-electron chi connectivity index (χ0n) is 16.1. The van der Waals surface area contributed by atoms with Gasteiger partial charge in [-0.2, -0.15) is 0 Å². The van der Waals surface area contributed by atoms with E-state index < -0.39 is 0 Å². The second-order valence-corrected chi connectivity index (χ2v) is 7.83. The van der Waals surface area contributed by atoms with E-state index in [1.165, 1.54) is 10.5 Å². The molecular weight excluding hydrogens is 358 g/mol. The van der Waals surface area contributed by atoms with Crippen molar-refractivity contribution in [2.45, 2.75) is 12.8 Å². The van der Waals surface area contributed by atoms with Gasteiger partial charge in [0.15, 0.2) is 5.13 Å². The normalized spacial score (nSPS) is 11.1. The number of nitrogens with one attached hydrogen (secondary N) is 1. The maximum atomic E-state index is 13.0. The summed E-state index contributed by atoms with van der Waals surface area (Å²) in [4.78, 5) is 20.8. The highest BCUT2D eigenvalue weighted by Gasteiger charge is 2.20. The molecule has 0 fully saturated rings. The van der Waals surface area contributed by atoms with Gasteiger partial charge >= 0.3 is 0 Å². The highest BCUT2D eigenvalue weighted by atomic mass is 32.1. The predicted molar refractivity (Wildman–Crippen MR) is 111 cm³/mol. The molecular formula is C21H26N3O2S+. The van der Waals surface area contributed by atoms with Gasteiger partial charge in [-0.05, 0) is 24.1 Å². The number of aryl methyl sites for hydroxylation is 1. The second kappa shape index (κ2) is 8.97. The molecule has 3 rings (SSSR count). The maximum absolute atomic E-state index is 13.0. The number of anilines is 1. The quantitative estimate of drug-likeness (QED) is 0.649. The number of nitrogens with zero attached hydrogens (tertiary/aromatic N) is 2. The number of hydrogen-bond acceptors (Lipinski definition) is 4. The molecule has 1 heterocycles. The van der Waals surface area contributed by atoms with Gasteiger partial charge in [0.05, 0.1) is 44.5 Å². The fourth-order valence-corrected chi connectivity index (χ4v) is 3.82. The number of methoxy groups -OCH3 is 1. The Balaban J connectivity index is 1.80. The van der Waals surface area contributed by atoms with Gasteiger partial charge < -0.3 is 9.64 Å². The molecule has 3 aromatic rings. The lowest BCUT2D eigenvalue weighted by Crippen LogP contribution is -3.06. The average molecular weight is 385 g/mol. The molecule has 27 heavy (non-hydrogen) atoms. The van der Waals surface area contributed by atoms with Gasteiger partial charge in [0, 0.05) is 12.5 Å². The van der Waals surface area contributed by atoms with Crippen LogP contribution in [0.4, 0.5) is 5.13 Å². The van der Waals surface area contributed by atoms with E-state index in [2.05, 4.69) is 26.2 Å². The highest BCUT2D eigenvalue weighted by molar-refractivity contribution is 7.22. The monoisotopic (exact) mass is 384 g/mol. The number of aromatic nitrogens is 1. The molecule has 6 heteroatoms. The number of hydrogen-bond donors (Lipinski definition) is 1. The fourth-order valence-electron chi connectivity index (χ4n) is 2.83. The summed E-state index contributed by atoms with van der Waals surface area (Å²) in [7, 11) is 5.83. The van der Waals surface area contributed by atoms with Crippen LogP contribution in [0.15, 0.2) is 48.5 Å². The zero-order chi connectivity index (χ0) is 19.2. The molecule has 2 aromatic carbocycles. The highest BCUT2D eigenvalue weighted by Crippen LogP contribution is 2.31. The van der Waals surface area contributed by atoms with Crippen molar-refractivity contribution in [3.63, 3.8) is 0 Å². The smallest absolute Gasteiger partial charge is 0.229 e. The topological polar surface area (TPSA) is 46.9 Å². The van der Waals surface area contributed by atoms with Gasteiger partial charge in [0.2, 0.25) is 5.91 Å². The van der Waals surface area contributed by atoms with Crippen LogP contribution in [-0.4, -0.2) is 45.2 Å². The largest absolute Gasteiger partial charge is 0.497 e. The summed E-state index contributed by atoms with van der Waals surface area (Å²) in [5, 5.41) is 0.762. The molecule has 0 atom stereocenters. The summed E-state index contributed by atoms with van der Waals surface area (Å²) >= 11 is 1.56. The molecule has 0 spiro atoms. The third-order valence-corrected chi connectivity index (χ3v) is 5.48. The van der Waals surface area contributed by atoms with Crippen LogP contribution in [0.1, 0.15) is 12.0 Å². The second-order valence-electron chi connectivity index (χ2n) is 6.82. The average Bonchev–Trinajstić information content (AvgIpc) is 3.09. The summed E-state index contributed by atoms with van der Waals surface area (Å²) in [5.74, 6) is 0.894. The van der Waals surface area contributed by atoms with Gasteiger partial charge in [-0.25, -0.2) is 4.98 Å². The van der Waals surface area contributed by atoms with E-state index in [0.29, 0.717) is 13.0 Å². The fraction of sp³-hybridized carbons (Fsp3) is 0.333. The summed E-state index contributed by atoms with van der Waals surface area (Å²) in [6.45, 7) is 1.53. The van der Waals surface area contributed by atoms with Crippen LogP contribution in [0.3, 0.4) is 0 Å². The van der Waals surface area contributed by atoms with Crippen molar-refractivity contribution in [3.8, 4) is 5.75 Å². The Morgan fingerprint density at radius 3 is 2.67 bits per heavy atom. The summed E-state index contributed by atoms with van der Waals surface area (Å²) in [6, 6.07) is 16.0. The number of quaternary nitrogens is 1. The van der Waals surface area contributed by atoms with Crippen molar-refractivity contribution in [1.82, 2.24) is 4.98 Å². The van der Waals surface area contributed by atoms with Crippen LogP contribution in [0.25, 0.3) is 10.2 Å². The third kappa shape index (κ3) is 5.05. The van der Waals surface area contributed by atoms with Crippen molar-refractivity contribution in [2.75, 3.05) is 39.2 Å². The van der Waals surface area contributed by atoms with Crippen LogP contribution >= 0.6 is 11.3 Å². The molecule has 0 bridgehead atoms. The molecule has 1 N–H and O–H groups in total. The molecule has 0 unspecified atom stereocenters. The molecule has 0 saturated heterocycles. The SMILES string of the molecule is COc1ccc2sc(N(CC[NH+](C)C)C(=O)CCc3ccccc3)nc2c1. The van der Waals surface area contributed by atoms with E-state index in [9.17, 15) is 4.79 Å². The van der Waals surface area contributed by atoms with E-state index in [-0.39, 0.29) is 5.91 Å². The third-order valence-electron chi connectivity index (χ3n) is 4.42. The number of ether oxygens (including phenoxy) is 1. The molecule has 0 aliphatic rings. The number of carbonyl (C=O) groups excluding carboxylic acids is 1. The Morgan fingerprint density at radius 2 is 1.96 bits per heavy atom. The minimum Gasteiger partial charge on any atom is -0.497 e. The summed E-state index contributed by atoms with van der Waals surface area (Å²) < 4.78 is 6.35. The number of amides is 1. The first-order chi connectivity index (χ1) is 13.1. The molecule has 1 aromatic heterocycles. The Labute approximate surface area is 164 Å². The van der Waals surface area contributed by atoms with Crippen molar-refractivity contribution >= 4 is 32.6 Å². The zero-order valence-corrected chi connectivity index (χ0v) is 16.9. The van der Waals surface area contributed by atoms with Crippen LogP contribution < -0.4 is 14.5 Å². The number of fused-ring (bicyclic) bond motifs is 1. The Hall–Kier alpha value is -2.44. The van der Waals surface area contributed by atoms with Crippen molar-refractivity contribution < 1.29 is 14.4 Å². The van der Waals surface area contributed by atoms with Crippen LogP contribution in [0.2, 0.25) is 0 Å². The first-order valence-electron chi connectivity index (χ1n) is 9.14. The first kappa shape index (κ1) is 19.3. The lowest BCUT2D eigenvalue weighted by atomic mass is 10.1. The number of rotatable bonds is 8. The maximum Gasteiger partial charge on any atom is 0.229 e. The van der Waals surface area contributed by atoms with E-state index >= 15 is 0 Å². The van der Waals surface area contributed by atoms with Gasteiger partial charge in [0.25, 0.3) is 0 Å². The molecule has 0 radical (unpaired) electrons. The number of thiazole rings is 1. The molecule has 1 amide bonds. The lowest BCUT2D eigenvalue weighted by molar-refractivity contribution is -0.856. The molecule has 0 saturated carbocycles. The number of likely N-dealkylation sites (N-methyl/N-ethyl adjacent to an activating group) is 1. The molecule has 5 nitrogen and oxygen atoms in total. The van der Waals surface area contributed by atoms with Crippen molar-refractivity contribution in [3.05, 3.63) is 54.1 Å². The van der Waals surface area contributed by atoms with E-state index in [1.54, 1.807) is 18.4 Å². The van der Waals surface area contributed by atoms with Crippen LogP contribution in [0, 0.1) is 0 Å². The molecule has 0 aliphatic heterocycles. The Bertz CT molecular complexity index is 893. The minimum absolute atomic E-state index is 0.117. The van der Waals surface area contributed by atoms with Crippen molar-refractivity contribution in [1.29, 1.82) is 0 Å². The Morgan fingerprint density at radius 1 is 1.19 bits per heavy atom. The van der Waals surface area contributed by atoms with Crippen LogP contribution in [-0.2, 0) is 11.2 Å². The van der Waals surface area contributed by atoms with E-state index in [0.717, 1.165) is 34.1 Å². The van der Waals surface area contributed by atoms with Crippen LogP contribution in [0.5, 0.6) is 5.75 Å². The molecule has 142 valence electrons. The molecule has 0 aliphatic carbocycles. The Kier molecular flexibility index (Phi) is 6.42. The minimum atomic E-state index is 0.117. The van der Waals surface area contributed by atoms with E-state index in [4.69, 9.17) is 9.72 Å². The summed E-state index contributed by atoms with van der Waals surface area (Å²) in [5.41, 5.74) is 2.05. The lowest BCUT2D eigenvalue weighted by Gasteiger charge is -2.20. The van der Waals surface area contributed by atoms with Crippen molar-refractivity contribution in [2.24, 2.45) is 0 Å². The first-order valence-corrected chi connectivity index (χ1v) is 9.96. The van der Waals surface area contributed by atoms with Gasteiger partial charge in [-0.3, -0.25) is 9.69 Å². The summed E-state index contributed by atoms with van der Waals surface area (Å²) in [6.07, 6.45) is 1.22. The predicted octanol–water partition coefficient (Wildman–Crippen LogP) is 2.42. The number of carbonyl (C=O) groups is 1. The standard InChI is InChI=1S/C21H25N3O2S/c1-23(2)13-14-24(20(25)12-9-16-7-5-4-6-8-16)21-22-18-15-17(26-3)10-11-19(18)27-21/h4-8,10-11,15H,9,12-14H2,1-3H3/p+1. The van der Waals surface area contributed by atoms with Gasteiger partial charge in [0.1, 0.15) is 5.75 Å². The van der Waals surface area contributed by atoms with Gasteiger partial charge in [-0.15, -0.1) is 0 Å². The van der Waals surface area contributed by atoms with Gasteiger partial charge in [-0.1, -0.05) is 41.7 Å². The number of benzene rings is 2. The van der Waals surface area contributed by atoms with E-state index in [1.807, 2.05) is 41.3 Å².